The molecule has 1 aliphatic heterocycles. The molecule has 0 spiro atoms. The molecule has 1 aliphatic rings. The lowest BCUT2D eigenvalue weighted by atomic mass is 9.87. The minimum atomic E-state index is -0.707. The Labute approximate surface area is 98.8 Å². The average molecular weight is 238 g/mol. The topological polar surface area (TPSA) is 66.6 Å². The third-order valence-electron chi connectivity index (χ3n) is 3.21. The lowest BCUT2D eigenvalue weighted by Crippen LogP contribution is -2.68. The van der Waals surface area contributed by atoms with Crippen LogP contribution < -0.4 is 5.73 Å². The molecule has 1 saturated heterocycles. The van der Waals surface area contributed by atoms with Crippen molar-refractivity contribution in [2.24, 2.45) is 5.73 Å². The number of likely N-dealkylation sites (tertiary alicyclic amines) is 1. The fraction of sp³-hybridized carbons (Fsp3) is 0.417. The van der Waals surface area contributed by atoms with E-state index in [9.17, 15) is 14.3 Å². The molecule has 1 amide bonds. The molecule has 0 saturated carbocycles. The van der Waals surface area contributed by atoms with Gasteiger partial charge in [0.05, 0.1) is 5.54 Å². The Morgan fingerprint density at radius 3 is 2.76 bits per heavy atom. The van der Waals surface area contributed by atoms with E-state index in [0.717, 1.165) is 12.5 Å². The molecule has 92 valence electrons. The zero-order valence-electron chi connectivity index (χ0n) is 9.61. The van der Waals surface area contributed by atoms with Crippen molar-refractivity contribution < 1.29 is 14.3 Å². The van der Waals surface area contributed by atoms with Crippen LogP contribution in [0.1, 0.15) is 23.7 Å². The number of hydrogen-bond donors (Lipinski definition) is 2. The van der Waals surface area contributed by atoms with Crippen LogP contribution in [0.4, 0.5) is 4.39 Å². The molecular formula is C12H15FN2O2. The molecule has 0 unspecified atom stereocenters. The van der Waals surface area contributed by atoms with Gasteiger partial charge in [-0.05, 0) is 18.6 Å². The Hall–Kier alpha value is -1.62. The molecule has 4 nitrogen and oxygen atoms in total. The van der Waals surface area contributed by atoms with Crippen LogP contribution >= 0.6 is 0 Å². The first-order valence-electron chi connectivity index (χ1n) is 5.52. The molecule has 17 heavy (non-hydrogen) atoms. The standard InChI is InChI=1S/C12H15FN2O2/c1-2-12(14)6-15(7-12)11(17)10-8(13)4-3-5-9(10)16/h3-5,16H,2,6-7,14H2,1H3. The van der Waals surface area contributed by atoms with Gasteiger partial charge in [-0.1, -0.05) is 13.0 Å². The highest BCUT2D eigenvalue weighted by molar-refractivity contribution is 5.97. The molecule has 3 N–H and O–H groups in total. The summed E-state index contributed by atoms with van der Waals surface area (Å²) in [4.78, 5) is 13.4. The number of halogens is 1. The average Bonchev–Trinajstić information content (AvgIpc) is 2.24. The van der Waals surface area contributed by atoms with Crippen molar-refractivity contribution in [3.05, 3.63) is 29.6 Å². The number of benzene rings is 1. The summed E-state index contributed by atoms with van der Waals surface area (Å²) < 4.78 is 13.5. The number of amides is 1. The summed E-state index contributed by atoms with van der Waals surface area (Å²) in [7, 11) is 0. The van der Waals surface area contributed by atoms with Crippen molar-refractivity contribution >= 4 is 5.91 Å². The number of nitrogens with zero attached hydrogens (tertiary/aromatic N) is 1. The lowest BCUT2D eigenvalue weighted by molar-refractivity contribution is 0.0394. The van der Waals surface area contributed by atoms with E-state index in [1.54, 1.807) is 0 Å². The van der Waals surface area contributed by atoms with Gasteiger partial charge in [0.15, 0.2) is 0 Å². The minimum Gasteiger partial charge on any atom is -0.507 e. The fourth-order valence-electron chi connectivity index (χ4n) is 1.96. The quantitative estimate of drug-likeness (QED) is 0.810. The number of aromatic hydroxyl groups is 1. The van der Waals surface area contributed by atoms with E-state index in [2.05, 4.69) is 0 Å². The molecule has 2 rings (SSSR count). The summed E-state index contributed by atoms with van der Waals surface area (Å²) in [6, 6.07) is 3.81. The van der Waals surface area contributed by atoms with Crippen molar-refractivity contribution in [1.29, 1.82) is 0 Å². The van der Waals surface area contributed by atoms with Gasteiger partial charge < -0.3 is 15.7 Å². The van der Waals surface area contributed by atoms with E-state index in [1.165, 1.54) is 17.0 Å². The number of rotatable bonds is 2. The van der Waals surface area contributed by atoms with Crippen molar-refractivity contribution in [1.82, 2.24) is 4.90 Å². The molecule has 0 aromatic heterocycles. The second-order valence-corrected chi connectivity index (χ2v) is 4.51. The van der Waals surface area contributed by atoms with E-state index < -0.39 is 11.7 Å². The van der Waals surface area contributed by atoms with Crippen molar-refractivity contribution in [2.75, 3.05) is 13.1 Å². The third kappa shape index (κ3) is 1.98. The zero-order chi connectivity index (χ0) is 12.6. The van der Waals surface area contributed by atoms with Gasteiger partial charge >= 0.3 is 0 Å². The van der Waals surface area contributed by atoms with Crippen molar-refractivity contribution in [3.8, 4) is 5.75 Å². The number of phenolic OH excluding ortho intramolecular Hbond substituents is 1. The van der Waals surface area contributed by atoms with Crippen LogP contribution in [0.15, 0.2) is 18.2 Å². The lowest BCUT2D eigenvalue weighted by Gasteiger charge is -2.47. The largest absolute Gasteiger partial charge is 0.507 e. The molecule has 5 heteroatoms. The van der Waals surface area contributed by atoms with Gasteiger partial charge in [-0.25, -0.2) is 4.39 Å². The maximum atomic E-state index is 13.5. The molecule has 1 fully saturated rings. The van der Waals surface area contributed by atoms with E-state index in [-0.39, 0.29) is 16.9 Å². The number of carbonyl (C=O) groups excluding carboxylic acids is 1. The second-order valence-electron chi connectivity index (χ2n) is 4.51. The van der Waals surface area contributed by atoms with Crippen molar-refractivity contribution in [3.63, 3.8) is 0 Å². The molecule has 0 aliphatic carbocycles. The summed E-state index contributed by atoms with van der Waals surface area (Å²) in [5.74, 6) is -1.54. The van der Waals surface area contributed by atoms with Gasteiger partial charge in [-0.15, -0.1) is 0 Å². The fourth-order valence-corrected chi connectivity index (χ4v) is 1.96. The first-order valence-corrected chi connectivity index (χ1v) is 5.52. The first-order chi connectivity index (χ1) is 7.97. The highest BCUT2D eigenvalue weighted by Crippen LogP contribution is 2.27. The summed E-state index contributed by atoms with van der Waals surface area (Å²) >= 11 is 0. The van der Waals surface area contributed by atoms with Crippen molar-refractivity contribution in [2.45, 2.75) is 18.9 Å². The smallest absolute Gasteiger partial charge is 0.260 e. The highest BCUT2D eigenvalue weighted by atomic mass is 19.1. The summed E-state index contributed by atoms with van der Waals surface area (Å²) in [6.45, 7) is 2.74. The molecule has 0 atom stereocenters. The molecule has 0 radical (unpaired) electrons. The van der Waals surface area contributed by atoms with Crippen LogP contribution in [0.25, 0.3) is 0 Å². The predicted octanol–water partition coefficient (Wildman–Crippen LogP) is 1.09. The van der Waals surface area contributed by atoms with E-state index in [1.807, 2.05) is 6.92 Å². The minimum absolute atomic E-state index is 0.273. The van der Waals surface area contributed by atoms with Gasteiger partial charge in [0.2, 0.25) is 0 Å². The number of phenols is 1. The Morgan fingerprint density at radius 1 is 1.59 bits per heavy atom. The molecule has 1 heterocycles. The monoisotopic (exact) mass is 238 g/mol. The molecule has 1 aromatic rings. The summed E-state index contributed by atoms with van der Waals surface area (Å²) in [5, 5.41) is 9.50. The third-order valence-corrected chi connectivity index (χ3v) is 3.21. The first kappa shape index (κ1) is 11.9. The number of nitrogens with two attached hydrogens (primary N) is 1. The zero-order valence-corrected chi connectivity index (χ0v) is 9.61. The maximum absolute atomic E-state index is 13.5. The maximum Gasteiger partial charge on any atom is 0.260 e. The Morgan fingerprint density at radius 2 is 2.24 bits per heavy atom. The number of hydrogen-bond acceptors (Lipinski definition) is 3. The van der Waals surface area contributed by atoms with Crippen LogP contribution in [0.2, 0.25) is 0 Å². The van der Waals surface area contributed by atoms with Gasteiger partial charge in [0, 0.05) is 13.1 Å². The SMILES string of the molecule is CCC1(N)CN(C(=O)c2c(O)cccc2F)C1. The second kappa shape index (κ2) is 4.00. The van der Waals surface area contributed by atoms with E-state index >= 15 is 0 Å². The normalized spacial score (nSPS) is 17.7. The van der Waals surface area contributed by atoms with Gasteiger partial charge in [-0.3, -0.25) is 4.79 Å². The summed E-state index contributed by atoms with van der Waals surface area (Å²) in [5.41, 5.74) is 5.30. The molecule has 1 aromatic carbocycles. The van der Waals surface area contributed by atoms with Gasteiger partial charge in [0.1, 0.15) is 17.1 Å². The Bertz CT molecular complexity index is 436. The van der Waals surface area contributed by atoms with Crippen LogP contribution in [-0.2, 0) is 0 Å². The van der Waals surface area contributed by atoms with E-state index in [4.69, 9.17) is 5.73 Å². The number of carbonyl (C=O) groups is 1. The predicted molar refractivity (Wildman–Crippen MR) is 61.2 cm³/mol. The van der Waals surface area contributed by atoms with Crippen LogP contribution in [0, 0.1) is 5.82 Å². The van der Waals surface area contributed by atoms with Crippen LogP contribution in [0.5, 0.6) is 5.75 Å². The summed E-state index contributed by atoms with van der Waals surface area (Å²) in [6.07, 6.45) is 0.764. The van der Waals surface area contributed by atoms with E-state index in [0.29, 0.717) is 13.1 Å². The van der Waals surface area contributed by atoms with Crippen LogP contribution in [0.3, 0.4) is 0 Å². The van der Waals surface area contributed by atoms with Gasteiger partial charge in [0.25, 0.3) is 5.91 Å². The molecular weight excluding hydrogens is 223 g/mol. The Kier molecular flexibility index (Phi) is 2.79. The van der Waals surface area contributed by atoms with Crippen LogP contribution in [-0.4, -0.2) is 34.5 Å². The Balaban J connectivity index is 2.17. The van der Waals surface area contributed by atoms with Gasteiger partial charge in [-0.2, -0.15) is 0 Å². The molecule has 0 bridgehead atoms. The highest BCUT2D eigenvalue weighted by Gasteiger charge is 2.41.